The molecule has 0 bridgehead atoms. The molecule has 0 spiro atoms. The van der Waals surface area contributed by atoms with Gasteiger partial charge in [-0.05, 0) is 72.8 Å². The van der Waals surface area contributed by atoms with Gasteiger partial charge in [-0.25, -0.2) is 14.4 Å². The number of rotatable bonds is 7. The standard InChI is InChI=1S/C16H11FO.2C10H9NO.Al/c17-12-7-5-11(6-8-12)13-9-10-16(18)15-4-2-1-3-14(13)15;2*1-7-5-6-8-3-2-4-9(12)10(8)11-7;/h1-10,18H;2*2-6,12H,1H3;/q;;;+3/p-3. The first kappa shape index (κ1) is 26.9. The van der Waals surface area contributed by atoms with Gasteiger partial charge in [-0.2, -0.15) is 0 Å². The zero-order valence-corrected chi connectivity index (χ0v) is 24.8. The molecule has 0 aliphatic rings. The maximum Gasteiger partial charge on any atom is 1.20 e. The summed E-state index contributed by atoms with van der Waals surface area (Å²) in [5, 5.41) is 3.80. The number of hydrogen-bond donors (Lipinski definition) is 0. The molecule has 5 aromatic carbocycles. The van der Waals surface area contributed by atoms with E-state index in [9.17, 15) is 4.39 Å². The number of pyridine rings is 2. The van der Waals surface area contributed by atoms with Crippen LogP contribution in [0.4, 0.5) is 4.39 Å². The van der Waals surface area contributed by atoms with Crippen molar-refractivity contribution >= 4 is 47.7 Å². The summed E-state index contributed by atoms with van der Waals surface area (Å²) in [6.45, 7) is 3.91. The Labute approximate surface area is 253 Å². The second-order valence-electron chi connectivity index (χ2n) is 10.4. The molecular weight excluding hydrogens is 554 g/mol. The topological polar surface area (TPSA) is 53.5 Å². The molecular formula is C36H26AlFN2O3. The highest BCUT2D eigenvalue weighted by molar-refractivity contribution is 6.40. The van der Waals surface area contributed by atoms with E-state index in [1.807, 2.05) is 111 Å². The minimum atomic E-state index is -2.99. The van der Waals surface area contributed by atoms with Crippen molar-refractivity contribution < 1.29 is 15.8 Å². The van der Waals surface area contributed by atoms with E-state index in [-0.39, 0.29) is 5.82 Å². The van der Waals surface area contributed by atoms with E-state index in [1.165, 1.54) is 12.1 Å². The van der Waals surface area contributed by atoms with E-state index in [4.69, 9.17) is 21.3 Å². The average molecular weight is 581 g/mol. The van der Waals surface area contributed by atoms with Crippen LogP contribution in [-0.4, -0.2) is 25.1 Å². The van der Waals surface area contributed by atoms with Gasteiger partial charge in [-0.15, -0.1) is 0 Å². The first-order chi connectivity index (χ1) is 21.0. The summed E-state index contributed by atoms with van der Waals surface area (Å²) in [7, 11) is 0. The first-order valence-corrected chi connectivity index (χ1v) is 15.4. The quantitative estimate of drug-likeness (QED) is 0.176. The predicted molar refractivity (Wildman–Crippen MR) is 170 cm³/mol. The third kappa shape index (κ3) is 5.49. The molecule has 7 aromatic rings. The number of halogens is 1. The van der Waals surface area contributed by atoms with E-state index in [1.54, 1.807) is 12.1 Å². The predicted octanol–water partition coefficient (Wildman–Crippen LogP) is 8.88. The molecule has 0 N–H and O–H groups in total. The van der Waals surface area contributed by atoms with E-state index in [2.05, 4.69) is 0 Å². The van der Waals surface area contributed by atoms with Crippen molar-refractivity contribution in [3.8, 4) is 28.4 Å². The molecule has 0 aliphatic carbocycles. The smallest absolute Gasteiger partial charge is 0.577 e. The summed E-state index contributed by atoms with van der Waals surface area (Å²) < 4.78 is 33.6. The molecule has 7 rings (SSSR count). The van der Waals surface area contributed by atoms with Gasteiger partial charge < -0.3 is 11.4 Å². The largest absolute Gasteiger partial charge is 1.20 e. The van der Waals surface area contributed by atoms with Crippen LogP contribution in [0.2, 0.25) is 0 Å². The van der Waals surface area contributed by atoms with E-state index in [0.29, 0.717) is 17.2 Å². The Morgan fingerprint density at radius 2 is 1.07 bits per heavy atom. The van der Waals surface area contributed by atoms with Crippen molar-refractivity contribution in [2.45, 2.75) is 13.8 Å². The molecule has 208 valence electrons. The van der Waals surface area contributed by atoms with Gasteiger partial charge in [-0.1, -0.05) is 78.9 Å². The summed E-state index contributed by atoms with van der Waals surface area (Å²) in [6.07, 6.45) is 0. The molecule has 0 aliphatic heterocycles. The van der Waals surface area contributed by atoms with Crippen LogP contribution in [0.25, 0.3) is 43.7 Å². The minimum absolute atomic E-state index is 0.271. The fourth-order valence-corrected chi connectivity index (χ4v) is 6.62. The van der Waals surface area contributed by atoms with Crippen LogP contribution < -0.4 is 11.4 Å². The van der Waals surface area contributed by atoms with Gasteiger partial charge in [0.25, 0.3) is 0 Å². The first-order valence-electron chi connectivity index (χ1n) is 14.0. The van der Waals surface area contributed by atoms with Crippen LogP contribution >= 0.6 is 0 Å². The van der Waals surface area contributed by atoms with Crippen molar-refractivity contribution in [1.82, 2.24) is 9.97 Å². The summed E-state index contributed by atoms with van der Waals surface area (Å²) in [5.74, 6) is 1.54. The van der Waals surface area contributed by atoms with Crippen LogP contribution in [0.5, 0.6) is 17.2 Å². The number of aromatic nitrogens is 2. The van der Waals surface area contributed by atoms with Gasteiger partial charge in [0, 0.05) is 27.5 Å². The van der Waals surface area contributed by atoms with Gasteiger partial charge >= 0.3 is 15.1 Å². The number of benzene rings is 5. The highest BCUT2D eigenvalue weighted by Crippen LogP contribution is 2.36. The Balaban J connectivity index is 1.32. The lowest BCUT2D eigenvalue weighted by Gasteiger charge is -2.20. The Hall–Kier alpha value is -4.96. The minimum Gasteiger partial charge on any atom is -0.577 e. The van der Waals surface area contributed by atoms with Gasteiger partial charge in [0.15, 0.2) is 0 Å². The second-order valence-corrected chi connectivity index (χ2v) is 11.7. The summed E-state index contributed by atoms with van der Waals surface area (Å²) in [4.78, 5) is 9.51. The summed E-state index contributed by atoms with van der Waals surface area (Å²) >= 11 is -2.99. The molecule has 2 aromatic heterocycles. The Bertz CT molecular complexity index is 2030. The summed E-state index contributed by atoms with van der Waals surface area (Å²) in [6, 6.07) is 38.1. The highest BCUT2D eigenvalue weighted by Gasteiger charge is 2.45. The number of hydrogen-bond acceptors (Lipinski definition) is 5. The third-order valence-corrected chi connectivity index (χ3v) is 8.69. The van der Waals surface area contributed by atoms with E-state index >= 15 is 0 Å². The monoisotopic (exact) mass is 580 g/mol. The fourth-order valence-electron chi connectivity index (χ4n) is 5.26. The van der Waals surface area contributed by atoms with Gasteiger partial charge in [0.05, 0.1) is 5.75 Å². The van der Waals surface area contributed by atoms with Crippen LogP contribution in [0, 0.1) is 19.7 Å². The van der Waals surface area contributed by atoms with Gasteiger partial charge in [0.2, 0.25) is 0 Å². The normalized spacial score (nSPS) is 11.1. The zero-order chi connectivity index (χ0) is 29.3. The van der Waals surface area contributed by atoms with Crippen molar-refractivity contribution in [3.05, 3.63) is 139 Å². The molecule has 0 unspecified atom stereocenters. The van der Waals surface area contributed by atoms with Gasteiger partial charge in [-0.3, -0.25) is 0 Å². The third-order valence-electron chi connectivity index (χ3n) is 7.35. The van der Waals surface area contributed by atoms with Crippen LogP contribution in [0.3, 0.4) is 0 Å². The zero-order valence-electron chi connectivity index (χ0n) is 23.6. The molecule has 5 nitrogen and oxygen atoms in total. The van der Waals surface area contributed by atoms with E-state index in [0.717, 1.165) is 55.1 Å². The number of aryl methyl sites for hydroxylation is 2. The lowest BCUT2D eigenvalue weighted by molar-refractivity contribution is 0.311. The molecule has 0 fully saturated rings. The van der Waals surface area contributed by atoms with Crippen LogP contribution in [-0.2, 0) is 0 Å². The Morgan fingerprint density at radius 1 is 0.512 bits per heavy atom. The Kier molecular flexibility index (Phi) is 7.12. The van der Waals surface area contributed by atoms with Crippen molar-refractivity contribution in [2.75, 3.05) is 0 Å². The molecule has 0 amide bonds. The lowest BCUT2D eigenvalue weighted by Crippen LogP contribution is -2.37. The summed E-state index contributed by atoms with van der Waals surface area (Å²) in [5.41, 5.74) is 5.16. The Morgan fingerprint density at radius 3 is 1.67 bits per heavy atom. The number of para-hydroxylation sites is 2. The van der Waals surface area contributed by atoms with Crippen molar-refractivity contribution in [3.63, 3.8) is 0 Å². The molecule has 2 heterocycles. The van der Waals surface area contributed by atoms with E-state index < -0.39 is 15.1 Å². The number of nitrogens with zero attached hydrogens (tertiary/aromatic N) is 2. The van der Waals surface area contributed by atoms with Gasteiger partial charge in [0.1, 0.15) is 28.3 Å². The SMILES string of the molecule is Cc1ccc2cccc([O][Al]([O]c3ccc(-c4ccc(F)cc4)c4ccccc34)[O]c3cccc4ccc(C)nc34)c2n1. The molecule has 7 heteroatoms. The molecule has 43 heavy (non-hydrogen) atoms. The highest BCUT2D eigenvalue weighted by atomic mass is 27.3. The fraction of sp³-hybridized carbons (Fsp3) is 0.0556. The molecule has 0 saturated heterocycles. The maximum absolute atomic E-state index is 13.7. The molecule has 0 atom stereocenters. The number of fused-ring (bicyclic) bond motifs is 3. The average Bonchev–Trinajstić information content (AvgIpc) is 3.02. The van der Waals surface area contributed by atoms with Crippen molar-refractivity contribution in [1.29, 1.82) is 0 Å². The maximum atomic E-state index is 13.7. The second kappa shape index (κ2) is 11.4. The molecule has 0 saturated carbocycles. The van der Waals surface area contributed by atoms with Crippen LogP contribution in [0.15, 0.2) is 121 Å². The lowest BCUT2D eigenvalue weighted by atomic mass is 9.98. The van der Waals surface area contributed by atoms with Crippen molar-refractivity contribution in [2.24, 2.45) is 0 Å². The van der Waals surface area contributed by atoms with Crippen LogP contribution in [0.1, 0.15) is 11.4 Å². The molecule has 0 radical (unpaired) electrons.